The van der Waals surface area contributed by atoms with Crippen LogP contribution in [-0.4, -0.2) is 55.5 Å². The Hall–Kier alpha value is -1.65. The molecule has 26 heavy (non-hydrogen) atoms. The highest BCUT2D eigenvalue weighted by molar-refractivity contribution is 7.99. The van der Waals surface area contributed by atoms with Crippen LogP contribution < -0.4 is 10.6 Å². The number of carbonyl (C=O) groups is 2. The van der Waals surface area contributed by atoms with Crippen LogP contribution in [0.2, 0.25) is 0 Å². The number of pyridine rings is 1. The lowest BCUT2D eigenvalue weighted by Crippen LogP contribution is -2.38. The van der Waals surface area contributed by atoms with Crippen LogP contribution >= 0.6 is 11.8 Å². The fraction of sp³-hybridized carbons (Fsp3) is 0.562. The first-order valence-electron chi connectivity index (χ1n) is 8.43. The maximum absolute atomic E-state index is 12.7. The molecule has 3 amide bonds. The van der Waals surface area contributed by atoms with Crippen molar-refractivity contribution in [3.63, 3.8) is 0 Å². The topological polar surface area (TPSA) is 108 Å². The van der Waals surface area contributed by atoms with Crippen molar-refractivity contribution in [2.24, 2.45) is 0 Å². The van der Waals surface area contributed by atoms with E-state index in [-0.39, 0.29) is 16.7 Å². The molecule has 0 unspecified atom stereocenters. The molecule has 1 fully saturated rings. The third-order valence-electron chi connectivity index (χ3n) is 4.31. The van der Waals surface area contributed by atoms with Gasteiger partial charge in [-0.25, -0.2) is 18.2 Å². The van der Waals surface area contributed by atoms with Crippen molar-refractivity contribution in [2.75, 3.05) is 19.8 Å². The minimum absolute atomic E-state index is 0.00843. The van der Waals surface area contributed by atoms with E-state index in [0.717, 1.165) is 43.9 Å². The smallest absolute Gasteiger partial charge is 0.321 e. The predicted octanol–water partition coefficient (Wildman–Crippen LogP) is 1.58. The van der Waals surface area contributed by atoms with Crippen LogP contribution in [-0.2, 0) is 14.8 Å². The van der Waals surface area contributed by atoms with E-state index in [0.29, 0.717) is 5.03 Å². The fourth-order valence-electron chi connectivity index (χ4n) is 2.78. The van der Waals surface area contributed by atoms with Crippen LogP contribution in [0.1, 0.15) is 32.1 Å². The lowest BCUT2D eigenvalue weighted by Gasteiger charge is -2.30. The van der Waals surface area contributed by atoms with E-state index >= 15 is 0 Å². The van der Waals surface area contributed by atoms with Crippen molar-refractivity contribution in [2.45, 2.75) is 48.1 Å². The maximum Gasteiger partial charge on any atom is 0.321 e. The molecule has 8 nitrogen and oxygen atoms in total. The Labute approximate surface area is 158 Å². The van der Waals surface area contributed by atoms with Gasteiger partial charge in [0.05, 0.1) is 10.8 Å². The molecule has 2 N–H and O–H groups in total. The third-order valence-corrected chi connectivity index (χ3v) is 7.14. The van der Waals surface area contributed by atoms with Crippen molar-refractivity contribution in [1.82, 2.24) is 19.9 Å². The molecule has 0 aromatic carbocycles. The molecule has 1 heterocycles. The molecule has 1 aromatic rings. The van der Waals surface area contributed by atoms with Crippen LogP contribution in [0.3, 0.4) is 0 Å². The second-order valence-electron chi connectivity index (χ2n) is 6.06. The van der Waals surface area contributed by atoms with E-state index in [1.807, 2.05) is 0 Å². The molecule has 0 saturated heterocycles. The summed E-state index contributed by atoms with van der Waals surface area (Å²) in [6, 6.07) is 2.53. The number of nitrogens with zero attached hydrogens (tertiary/aromatic N) is 2. The number of carbonyl (C=O) groups excluding carboxylic acids is 2. The summed E-state index contributed by atoms with van der Waals surface area (Å²) in [5.41, 5.74) is 0. The Morgan fingerprint density at radius 2 is 1.96 bits per heavy atom. The van der Waals surface area contributed by atoms with Crippen LogP contribution in [0.25, 0.3) is 0 Å². The molecular formula is C16H24N4O4S2. The Morgan fingerprint density at radius 3 is 2.54 bits per heavy atom. The highest BCUT2D eigenvalue weighted by Gasteiger charge is 2.29. The number of rotatable bonds is 6. The lowest BCUT2D eigenvalue weighted by atomic mass is 9.96. The Balaban J connectivity index is 1.97. The fourth-order valence-corrected chi connectivity index (χ4v) is 4.78. The van der Waals surface area contributed by atoms with Crippen molar-refractivity contribution in [3.8, 4) is 0 Å². The van der Waals surface area contributed by atoms with Crippen molar-refractivity contribution >= 4 is 33.7 Å². The van der Waals surface area contributed by atoms with Gasteiger partial charge in [0, 0.05) is 26.3 Å². The van der Waals surface area contributed by atoms with Crippen LogP contribution in [0.5, 0.6) is 0 Å². The maximum atomic E-state index is 12.7. The average molecular weight is 401 g/mol. The summed E-state index contributed by atoms with van der Waals surface area (Å²) in [4.78, 5) is 26.9. The average Bonchev–Trinajstić information content (AvgIpc) is 2.66. The predicted molar refractivity (Wildman–Crippen MR) is 99.4 cm³/mol. The number of nitrogens with one attached hydrogen (secondary N) is 2. The highest BCUT2D eigenvalue weighted by atomic mass is 32.2. The first kappa shape index (κ1) is 20.7. The van der Waals surface area contributed by atoms with E-state index in [9.17, 15) is 18.0 Å². The molecule has 1 saturated carbocycles. The molecule has 1 aromatic heterocycles. The highest BCUT2D eigenvalue weighted by Crippen LogP contribution is 2.26. The zero-order valence-corrected chi connectivity index (χ0v) is 16.5. The molecule has 0 atom stereocenters. The summed E-state index contributed by atoms with van der Waals surface area (Å²) >= 11 is 1.13. The van der Waals surface area contributed by atoms with Crippen molar-refractivity contribution < 1.29 is 18.0 Å². The number of thioether (sulfide) groups is 1. The summed E-state index contributed by atoms with van der Waals surface area (Å²) in [6.07, 6.45) is 6.35. The molecule has 1 aliphatic rings. The van der Waals surface area contributed by atoms with Crippen molar-refractivity contribution in [3.05, 3.63) is 18.3 Å². The van der Waals surface area contributed by atoms with E-state index < -0.39 is 22.0 Å². The van der Waals surface area contributed by atoms with Gasteiger partial charge in [0.15, 0.2) is 0 Å². The van der Waals surface area contributed by atoms with Crippen LogP contribution in [0, 0.1) is 0 Å². The number of hydrogen-bond acceptors (Lipinski definition) is 6. The largest absolute Gasteiger partial charge is 0.341 e. The quantitative estimate of drug-likeness (QED) is 0.702. The number of urea groups is 1. The first-order chi connectivity index (χ1) is 12.3. The van der Waals surface area contributed by atoms with Gasteiger partial charge < -0.3 is 5.32 Å². The molecule has 0 bridgehead atoms. The lowest BCUT2D eigenvalue weighted by molar-refractivity contribution is -0.117. The van der Waals surface area contributed by atoms with Gasteiger partial charge in [-0.1, -0.05) is 31.0 Å². The van der Waals surface area contributed by atoms with Gasteiger partial charge in [-0.3, -0.25) is 10.1 Å². The van der Waals surface area contributed by atoms with Gasteiger partial charge in [-0.05, 0) is 25.0 Å². The van der Waals surface area contributed by atoms with Gasteiger partial charge in [0.1, 0.15) is 4.90 Å². The monoisotopic (exact) mass is 400 g/mol. The van der Waals surface area contributed by atoms with Crippen molar-refractivity contribution in [1.29, 1.82) is 0 Å². The minimum Gasteiger partial charge on any atom is -0.341 e. The zero-order valence-electron chi connectivity index (χ0n) is 14.9. The number of aromatic nitrogens is 1. The zero-order chi connectivity index (χ0) is 19.2. The standard InChI is InChI=1S/C16H24N4O4S2/c1-17-16(22)19-14(21)11-25-15-9-8-13(10-18-15)26(23,24)20(2)12-6-4-3-5-7-12/h8-10,12H,3-7,11H2,1-2H3,(H2,17,19,21,22). The molecule has 144 valence electrons. The summed E-state index contributed by atoms with van der Waals surface area (Å²) in [5, 5.41) is 4.95. The van der Waals surface area contributed by atoms with Gasteiger partial charge in [0.25, 0.3) is 0 Å². The summed E-state index contributed by atoms with van der Waals surface area (Å²) in [7, 11) is -0.537. The summed E-state index contributed by atoms with van der Waals surface area (Å²) in [6.45, 7) is 0. The van der Waals surface area contributed by atoms with E-state index in [4.69, 9.17) is 0 Å². The molecular weight excluding hydrogens is 376 g/mol. The molecule has 2 rings (SSSR count). The first-order valence-corrected chi connectivity index (χ1v) is 10.9. The van der Waals surface area contributed by atoms with E-state index in [2.05, 4.69) is 15.6 Å². The third kappa shape index (κ3) is 5.42. The SMILES string of the molecule is CNC(=O)NC(=O)CSc1ccc(S(=O)(=O)N(C)C2CCCCC2)cn1. The van der Waals surface area contributed by atoms with Crippen LogP contribution in [0.15, 0.2) is 28.3 Å². The Bertz CT molecular complexity index is 731. The van der Waals surface area contributed by atoms with Gasteiger partial charge in [0.2, 0.25) is 15.9 Å². The Morgan fingerprint density at radius 1 is 1.27 bits per heavy atom. The number of hydrogen-bond donors (Lipinski definition) is 2. The second-order valence-corrected chi connectivity index (χ2v) is 9.05. The number of sulfonamides is 1. The van der Waals surface area contributed by atoms with E-state index in [1.54, 1.807) is 13.1 Å². The molecule has 0 spiro atoms. The number of amides is 3. The van der Waals surface area contributed by atoms with Gasteiger partial charge in [-0.2, -0.15) is 4.31 Å². The van der Waals surface area contributed by atoms with Gasteiger partial charge >= 0.3 is 6.03 Å². The van der Waals surface area contributed by atoms with Gasteiger partial charge in [-0.15, -0.1) is 0 Å². The molecule has 0 aliphatic heterocycles. The summed E-state index contributed by atoms with van der Waals surface area (Å²) in [5.74, 6) is -0.445. The minimum atomic E-state index is -3.58. The molecule has 1 aliphatic carbocycles. The van der Waals surface area contributed by atoms with Crippen LogP contribution in [0.4, 0.5) is 4.79 Å². The van der Waals surface area contributed by atoms with E-state index in [1.165, 1.54) is 23.6 Å². The second kappa shape index (κ2) is 9.33. The normalized spacial score (nSPS) is 15.7. The molecule has 0 radical (unpaired) electrons. The Kier molecular flexibility index (Phi) is 7.42. The number of imide groups is 1. The molecule has 10 heteroatoms. The summed E-state index contributed by atoms with van der Waals surface area (Å²) < 4.78 is 26.9.